The average Bonchev–Trinajstić information content (AvgIpc) is 2.37. The zero-order valence-electron chi connectivity index (χ0n) is 11.9. The van der Waals surface area contributed by atoms with Crippen molar-refractivity contribution in [3.63, 3.8) is 0 Å². The maximum Gasteiger partial charge on any atom is 0.128 e. The molecule has 4 heteroatoms. The third-order valence-corrected chi connectivity index (χ3v) is 2.76. The zero-order valence-corrected chi connectivity index (χ0v) is 11.9. The van der Waals surface area contributed by atoms with Gasteiger partial charge < -0.3 is 15.0 Å². The molecule has 0 aliphatic rings. The molecule has 0 radical (unpaired) electrons. The van der Waals surface area contributed by atoms with Crippen LogP contribution in [0.3, 0.4) is 0 Å². The summed E-state index contributed by atoms with van der Waals surface area (Å²) in [6, 6.07) is 4.70. The van der Waals surface area contributed by atoms with Gasteiger partial charge in [0.2, 0.25) is 0 Å². The highest BCUT2D eigenvalue weighted by Crippen LogP contribution is 2.11. The van der Waals surface area contributed by atoms with Gasteiger partial charge in [0.05, 0.1) is 0 Å². The molecular weight excluding hydrogens is 226 g/mol. The molecule has 102 valence electrons. The second-order valence-electron chi connectivity index (χ2n) is 4.83. The van der Waals surface area contributed by atoms with Gasteiger partial charge >= 0.3 is 0 Å². The van der Waals surface area contributed by atoms with Crippen molar-refractivity contribution in [3.8, 4) is 0 Å². The van der Waals surface area contributed by atoms with Gasteiger partial charge in [-0.25, -0.2) is 4.98 Å². The first-order chi connectivity index (χ1) is 8.63. The molecule has 0 bridgehead atoms. The lowest BCUT2D eigenvalue weighted by molar-refractivity contribution is 0.196. The van der Waals surface area contributed by atoms with Crippen molar-refractivity contribution in [2.45, 2.75) is 32.9 Å². The number of methoxy groups -OCH3 is 1. The maximum absolute atomic E-state index is 5.06. The third-order valence-electron chi connectivity index (χ3n) is 2.76. The van der Waals surface area contributed by atoms with Crippen molar-refractivity contribution in [3.05, 3.63) is 23.9 Å². The number of pyridine rings is 1. The highest BCUT2D eigenvalue weighted by molar-refractivity contribution is 5.39. The first-order valence-electron chi connectivity index (χ1n) is 6.52. The number of aromatic nitrogens is 1. The second-order valence-corrected chi connectivity index (χ2v) is 4.83. The summed E-state index contributed by atoms with van der Waals surface area (Å²) in [7, 11) is 3.80. The average molecular weight is 251 g/mol. The van der Waals surface area contributed by atoms with E-state index in [-0.39, 0.29) is 0 Å². The zero-order chi connectivity index (χ0) is 13.4. The minimum absolute atomic E-state index is 0.501. The molecule has 4 nitrogen and oxygen atoms in total. The van der Waals surface area contributed by atoms with Crippen LogP contribution < -0.4 is 10.2 Å². The van der Waals surface area contributed by atoms with Crippen LogP contribution in [0.1, 0.15) is 25.8 Å². The van der Waals surface area contributed by atoms with Gasteiger partial charge in [0.1, 0.15) is 5.82 Å². The Morgan fingerprint density at radius 2 is 2.22 bits per heavy atom. The number of anilines is 1. The van der Waals surface area contributed by atoms with Crippen LogP contribution in [-0.2, 0) is 11.3 Å². The summed E-state index contributed by atoms with van der Waals surface area (Å²) < 4.78 is 5.06. The van der Waals surface area contributed by atoms with Crippen LogP contribution in [0.2, 0.25) is 0 Å². The Labute approximate surface area is 110 Å². The van der Waals surface area contributed by atoms with Crippen molar-refractivity contribution in [2.75, 3.05) is 32.2 Å². The molecule has 18 heavy (non-hydrogen) atoms. The lowest BCUT2D eigenvalue weighted by atomic mass is 10.2. The topological polar surface area (TPSA) is 37.4 Å². The summed E-state index contributed by atoms with van der Waals surface area (Å²) >= 11 is 0. The van der Waals surface area contributed by atoms with Crippen molar-refractivity contribution in [1.82, 2.24) is 10.3 Å². The molecule has 1 rings (SSSR count). The Morgan fingerprint density at radius 3 is 2.89 bits per heavy atom. The quantitative estimate of drug-likeness (QED) is 0.718. The van der Waals surface area contributed by atoms with Crippen molar-refractivity contribution >= 4 is 5.82 Å². The Kier molecular flexibility index (Phi) is 6.68. The van der Waals surface area contributed by atoms with Gasteiger partial charge in [-0.05, 0) is 24.1 Å². The van der Waals surface area contributed by atoms with Gasteiger partial charge in [0, 0.05) is 46.1 Å². The van der Waals surface area contributed by atoms with Gasteiger partial charge in [-0.2, -0.15) is 0 Å². The molecule has 1 aromatic heterocycles. The lowest BCUT2D eigenvalue weighted by Crippen LogP contribution is -2.23. The van der Waals surface area contributed by atoms with E-state index in [1.54, 1.807) is 7.11 Å². The number of nitrogens with zero attached hydrogens (tertiary/aromatic N) is 2. The van der Waals surface area contributed by atoms with Gasteiger partial charge in [0.25, 0.3) is 0 Å². The van der Waals surface area contributed by atoms with Crippen LogP contribution >= 0.6 is 0 Å². The third kappa shape index (κ3) is 5.47. The number of nitrogens with one attached hydrogen (secondary N) is 1. The van der Waals surface area contributed by atoms with E-state index in [2.05, 4.69) is 48.2 Å². The fourth-order valence-corrected chi connectivity index (χ4v) is 1.66. The summed E-state index contributed by atoms with van der Waals surface area (Å²) in [5, 5.41) is 3.41. The fraction of sp³-hybridized carbons (Fsp3) is 0.643. The maximum atomic E-state index is 5.06. The van der Waals surface area contributed by atoms with Crippen LogP contribution in [0.15, 0.2) is 18.3 Å². The normalized spacial score (nSPS) is 10.9. The van der Waals surface area contributed by atoms with E-state index < -0.39 is 0 Å². The van der Waals surface area contributed by atoms with Gasteiger partial charge in [-0.3, -0.25) is 0 Å². The standard InChI is InChI=1S/C14H25N3O/c1-12(2)16-11-13-6-7-15-14(10-13)17(3)8-5-9-18-4/h6-7,10,12,16H,5,8-9,11H2,1-4H3. The largest absolute Gasteiger partial charge is 0.385 e. The first-order valence-corrected chi connectivity index (χ1v) is 6.52. The van der Waals surface area contributed by atoms with E-state index in [0.29, 0.717) is 6.04 Å². The van der Waals surface area contributed by atoms with Crippen LogP contribution in [-0.4, -0.2) is 38.3 Å². The molecule has 0 saturated carbocycles. The molecule has 0 amide bonds. The van der Waals surface area contributed by atoms with E-state index in [4.69, 9.17) is 4.74 Å². The van der Waals surface area contributed by atoms with Crippen LogP contribution in [0.5, 0.6) is 0 Å². The van der Waals surface area contributed by atoms with Crippen molar-refractivity contribution < 1.29 is 4.74 Å². The SMILES string of the molecule is COCCCN(C)c1cc(CNC(C)C)ccn1. The van der Waals surface area contributed by atoms with E-state index in [0.717, 1.165) is 31.9 Å². The number of rotatable bonds is 8. The van der Waals surface area contributed by atoms with Crippen molar-refractivity contribution in [2.24, 2.45) is 0 Å². The van der Waals surface area contributed by atoms with Crippen LogP contribution in [0.4, 0.5) is 5.82 Å². The molecule has 0 unspecified atom stereocenters. The predicted octanol–water partition coefficient (Wildman–Crippen LogP) is 2.05. The molecular formula is C14H25N3O. The summed E-state index contributed by atoms with van der Waals surface area (Å²) in [5.74, 6) is 1.02. The minimum atomic E-state index is 0.501. The van der Waals surface area contributed by atoms with E-state index >= 15 is 0 Å². The molecule has 1 aromatic rings. The number of hydrogen-bond acceptors (Lipinski definition) is 4. The van der Waals surface area contributed by atoms with Gasteiger partial charge in [-0.15, -0.1) is 0 Å². The Balaban J connectivity index is 2.52. The summed E-state index contributed by atoms with van der Waals surface area (Å²) in [5.41, 5.74) is 1.27. The molecule has 1 heterocycles. The molecule has 0 aromatic carbocycles. The smallest absolute Gasteiger partial charge is 0.128 e. The van der Waals surface area contributed by atoms with Crippen molar-refractivity contribution in [1.29, 1.82) is 0 Å². The molecule has 0 aliphatic heterocycles. The Morgan fingerprint density at radius 1 is 1.44 bits per heavy atom. The fourth-order valence-electron chi connectivity index (χ4n) is 1.66. The monoisotopic (exact) mass is 251 g/mol. The molecule has 0 aliphatic carbocycles. The number of hydrogen-bond donors (Lipinski definition) is 1. The highest BCUT2D eigenvalue weighted by Gasteiger charge is 2.03. The van der Waals surface area contributed by atoms with Crippen LogP contribution in [0, 0.1) is 0 Å². The first kappa shape index (κ1) is 14.9. The predicted molar refractivity (Wildman–Crippen MR) is 76.0 cm³/mol. The lowest BCUT2D eigenvalue weighted by Gasteiger charge is -2.18. The summed E-state index contributed by atoms with van der Waals surface area (Å²) in [4.78, 5) is 6.57. The Bertz CT molecular complexity index is 342. The molecule has 0 atom stereocenters. The van der Waals surface area contributed by atoms with E-state index in [1.165, 1.54) is 5.56 Å². The number of ether oxygens (including phenoxy) is 1. The molecule has 1 N–H and O–H groups in total. The Hall–Kier alpha value is -1.13. The summed E-state index contributed by atoms with van der Waals surface area (Å²) in [6.45, 7) is 6.94. The molecule has 0 fully saturated rings. The molecule has 0 saturated heterocycles. The van der Waals surface area contributed by atoms with Crippen LogP contribution in [0.25, 0.3) is 0 Å². The van der Waals surface area contributed by atoms with E-state index in [1.807, 2.05) is 6.20 Å². The van der Waals surface area contributed by atoms with Gasteiger partial charge in [-0.1, -0.05) is 13.8 Å². The van der Waals surface area contributed by atoms with Gasteiger partial charge in [0.15, 0.2) is 0 Å². The summed E-state index contributed by atoms with van der Waals surface area (Å²) in [6.07, 6.45) is 2.89. The minimum Gasteiger partial charge on any atom is -0.385 e. The second kappa shape index (κ2) is 8.06. The molecule has 0 spiro atoms. The van der Waals surface area contributed by atoms with E-state index in [9.17, 15) is 0 Å². The highest BCUT2D eigenvalue weighted by atomic mass is 16.5.